The summed E-state index contributed by atoms with van der Waals surface area (Å²) in [5, 5.41) is 6.09. The Bertz CT molecular complexity index is 1040. The van der Waals surface area contributed by atoms with Crippen LogP contribution in [0, 0.1) is 0 Å². The van der Waals surface area contributed by atoms with Crippen LogP contribution in [0.3, 0.4) is 0 Å². The number of fused-ring (bicyclic) bond motifs is 1. The van der Waals surface area contributed by atoms with Gasteiger partial charge in [0.2, 0.25) is 0 Å². The molecule has 0 fully saturated rings. The summed E-state index contributed by atoms with van der Waals surface area (Å²) in [4.78, 5) is 0. The molecule has 0 spiro atoms. The van der Waals surface area contributed by atoms with E-state index in [0.717, 1.165) is 17.8 Å². The number of nitrogens with zero attached hydrogens (tertiary/aromatic N) is 1. The number of halogens is 2. The van der Waals surface area contributed by atoms with Gasteiger partial charge in [0, 0.05) is 45.9 Å². The van der Waals surface area contributed by atoms with Crippen molar-refractivity contribution in [3.05, 3.63) is 100 Å². The fourth-order valence-electron chi connectivity index (χ4n) is 3.18. The highest BCUT2D eigenvalue weighted by molar-refractivity contribution is 6.35. The lowest BCUT2D eigenvalue weighted by Crippen LogP contribution is -2.00. The van der Waals surface area contributed by atoms with Crippen molar-refractivity contribution in [2.24, 2.45) is 0 Å². The normalized spacial score (nSPS) is 11.0. The first-order chi connectivity index (χ1) is 12.7. The number of nitrogens with one attached hydrogen (secondary N) is 1. The molecule has 0 aliphatic carbocycles. The Morgan fingerprint density at radius 2 is 1.58 bits per heavy atom. The SMILES string of the molecule is Clc1ccc(Cn2cc(CNc3ccccc3)c3ccccc32)c(Cl)c1. The van der Waals surface area contributed by atoms with E-state index in [-0.39, 0.29) is 0 Å². The highest BCUT2D eigenvalue weighted by Crippen LogP contribution is 2.26. The Morgan fingerprint density at radius 3 is 2.38 bits per heavy atom. The molecule has 1 aromatic heterocycles. The van der Waals surface area contributed by atoms with Gasteiger partial charge in [-0.25, -0.2) is 0 Å². The minimum atomic E-state index is 0.656. The van der Waals surface area contributed by atoms with Crippen LogP contribution in [0.2, 0.25) is 10.0 Å². The van der Waals surface area contributed by atoms with Crippen LogP contribution < -0.4 is 5.32 Å². The Morgan fingerprint density at radius 1 is 0.808 bits per heavy atom. The van der Waals surface area contributed by atoms with E-state index < -0.39 is 0 Å². The molecule has 4 heteroatoms. The van der Waals surface area contributed by atoms with Crippen molar-refractivity contribution in [2.45, 2.75) is 13.1 Å². The highest BCUT2D eigenvalue weighted by atomic mass is 35.5. The van der Waals surface area contributed by atoms with Crippen LogP contribution in [0.15, 0.2) is 79.0 Å². The second kappa shape index (κ2) is 7.45. The Kier molecular flexibility index (Phi) is 4.87. The number of hydrogen-bond donors (Lipinski definition) is 1. The third kappa shape index (κ3) is 3.57. The molecule has 1 heterocycles. The standard InChI is InChI=1S/C22H18Cl2N2/c23-18-11-10-16(21(24)12-18)14-26-15-17(20-8-4-5-9-22(20)26)13-25-19-6-2-1-3-7-19/h1-12,15,25H,13-14H2. The van der Waals surface area contributed by atoms with Crippen molar-refractivity contribution < 1.29 is 0 Å². The molecule has 0 atom stereocenters. The molecule has 1 N–H and O–H groups in total. The van der Waals surface area contributed by atoms with E-state index in [1.54, 1.807) is 6.07 Å². The zero-order valence-electron chi connectivity index (χ0n) is 14.1. The molecule has 26 heavy (non-hydrogen) atoms. The zero-order chi connectivity index (χ0) is 17.9. The number of rotatable bonds is 5. The highest BCUT2D eigenvalue weighted by Gasteiger charge is 2.10. The summed E-state index contributed by atoms with van der Waals surface area (Å²) in [5.41, 5.74) is 4.63. The maximum atomic E-state index is 6.37. The predicted octanol–water partition coefficient (Wildman–Crippen LogP) is 6.61. The van der Waals surface area contributed by atoms with Crippen molar-refractivity contribution in [3.8, 4) is 0 Å². The summed E-state index contributed by atoms with van der Waals surface area (Å²) in [5.74, 6) is 0. The molecule has 4 rings (SSSR count). The van der Waals surface area contributed by atoms with E-state index >= 15 is 0 Å². The zero-order valence-corrected chi connectivity index (χ0v) is 15.6. The second-order valence-electron chi connectivity index (χ2n) is 6.25. The van der Waals surface area contributed by atoms with E-state index in [1.165, 1.54) is 16.5 Å². The van der Waals surface area contributed by atoms with Crippen LogP contribution >= 0.6 is 23.2 Å². The van der Waals surface area contributed by atoms with Crippen molar-refractivity contribution in [1.82, 2.24) is 4.57 Å². The number of anilines is 1. The third-order valence-electron chi connectivity index (χ3n) is 4.48. The van der Waals surface area contributed by atoms with Crippen molar-refractivity contribution in [1.29, 1.82) is 0 Å². The summed E-state index contributed by atoms with van der Waals surface area (Å²) in [6.45, 7) is 1.48. The maximum absolute atomic E-state index is 6.37. The summed E-state index contributed by atoms with van der Waals surface area (Å²) in [6, 6.07) is 24.4. The fraction of sp³-hybridized carbons (Fsp3) is 0.0909. The van der Waals surface area contributed by atoms with Gasteiger partial charge in [0.05, 0.1) is 0 Å². The lowest BCUT2D eigenvalue weighted by molar-refractivity contribution is 0.831. The van der Waals surface area contributed by atoms with Crippen LogP contribution in [-0.4, -0.2) is 4.57 Å². The summed E-state index contributed by atoms with van der Waals surface area (Å²) in [7, 11) is 0. The molecule has 4 aromatic rings. The Balaban J connectivity index is 1.65. The quantitative estimate of drug-likeness (QED) is 0.412. The molecule has 130 valence electrons. The molecule has 0 radical (unpaired) electrons. The molecule has 0 amide bonds. The number of benzene rings is 3. The lowest BCUT2D eigenvalue weighted by Gasteiger charge is -2.08. The van der Waals surface area contributed by atoms with Crippen LogP contribution in [0.5, 0.6) is 0 Å². The van der Waals surface area contributed by atoms with E-state index in [4.69, 9.17) is 23.2 Å². The van der Waals surface area contributed by atoms with Crippen molar-refractivity contribution >= 4 is 39.8 Å². The van der Waals surface area contributed by atoms with E-state index in [2.05, 4.69) is 52.5 Å². The maximum Gasteiger partial charge on any atom is 0.0491 e. The smallest absolute Gasteiger partial charge is 0.0491 e. The van der Waals surface area contributed by atoms with E-state index in [0.29, 0.717) is 16.6 Å². The topological polar surface area (TPSA) is 17.0 Å². The molecular formula is C22H18Cl2N2. The molecule has 0 saturated carbocycles. The van der Waals surface area contributed by atoms with Gasteiger partial charge in [-0.05, 0) is 41.5 Å². The fourth-order valence-corrected chi connectivity index (χ4v) is 3.65. The molecular weight excluding hydrogens is 363 g/mol. The summed E-state index contributed by atoms with van der Waals surface area (Å²) < 4.78 is 2.24. The van der Waals surface area contributed by atoms with Crippen LogP contribution in [-0.2, 0) is 13.1 Å². The lowest BCUT2D eigenvalue weighted by atomic mass is 10.1. The average molecular weight is 381 g/mol. The van der Waals surface area contributed by atoms with Gasteiger partial charge in [0.15, 0.2) is 0 Å². The molecule has 0 bridgehead atoms. The first-order valence-electron chi connectivity index (χ1n) is 8.50. The minimum Gasteiger partial charge on any atom is -0.381 e. The average Bonchev–Trinajstić information content (AvgIpc) is 3.01. The number of hydrogen-bond acceptors (Lipinski definition) is 1. The number of aromatic nitrogens is 1. The predicted molar refractivity (Wildman–Crippen MR) is 111 cm³/mol. The van der Waals surface area contributed by atoms with Crippen LogP contribution in [0.1, 0.15) is 11.1 Å². The molecule has 0 aliphatic heterocycles. The van der Waals surface area contributed by atoms with Crippen LogP contribution in [0.4, 0.5) is 5.69 Å². The van der Waals surface area contributed by atoms with E-state index in [1.807, 2.05) is 30.3 Å². The van der Waals surface area contributed by atoms with Gasteiger partial charge in [-0.15, -0.1) is 0 Å². The molecule has 0 aliphatic rings. The van der Waals surface area contributed by atoms with Gasteiger partial charge in [0.25, 0.3) is 0 Å². The molecule has 3 aromatic carbocycles. The van der Waals surface area contributed by atoms with Gasteiger partial charge >= 0.3 is 0 Å². The van der Waals surface area contributed by atoms with Gasteiger partial charge in [-0.2, -0.15) is 0 Å². The molecule has 2 nitrogen and oxygen atoms in total. The first-order valence-corrected chi connectivity index (χ1v) is 9.26. The molecule has 0 unspecified atom stereocenters. The second-order valence-corrected chi connectivity index (χ2v) is 7.10. The first kappa shape index (κ1) is 17.0. The largest absolute Gasteiger partial charge is 0.381 e. The summed E-state index contributed by atoms with van der Waals surface area (Å²) >= 11 is 12.4. The Labute approximate surface area is 163 Å². The van der Waals surface area contributed by atoms with Crippen molar-refractivity contribution in [2.75, 3.05) is 5.32 Å². The van der Waals surface area contributed by atoms with Crippen LogP contribution in [0.25, 0.3) is 10.9 Å². The van der Waals surface area contributed by atoms with Gasteiger partial charge in [-0.3, -0.25) is 0 Å². The molecule has 0 saturated heterocycles. The third-order valence-corrected chi connectivity index (χ3v) is 5.07. The summed E-state index contributed by atoms with van der Waals surface area (Å²) in [6.07, 6.45) is 2.20. The van der Waals surface area contributed by atoms with Gasteiger partial charge in [-0.1, -0.05) is 65.7 Å². The number of para-hydroxylation sites is 2. The van der Waals surface area contributed by atoms with Crippen molar-refractivity contribution in [3.63, 3.8) is 0 Å². The monoisotopic (exact) mass is 380 g/mol. The minimum absolute atomic E-state index is 0.656. The Hall–Kier alpha value is -2.42. The van der Waals surface area contributed by atoms with Gasteiger partial charge < -0.3 is 9.88 Å². The van der Waals surface area contributed by atoms with E-state index in [9.17, 15) is 0 Å². The van der Waals surface area contributed by atoms with Gasteiger partial charge in [0.1, 0.15) is 0 Å².